The van der Waals surface area contributed by atoms with Crippen molar-refractivity contribution in [2.45, 2.75) is 25.7 Å². The van der Waals surface area contributed by atoms with Crippen LogP contribution in [-0.2, 0) is 0 Å². The summed E-state index contributed by atoms with van der Waals surface area (Å²) in [5.41, 5.74) is 1.15. The first-order chi connectivity index (χ1) is 8.36. The van der Waals surface area contributed by atoms with E-state index in [-0.39, 0.29) is 0 Å². The number of thiazole rings is 1. The maximum Gasteiger partial charge on any atom is 0.190 e. The molecule has 0 aliphatic heterocycles. The zero-order valence-corrected chi connectivity index (χ0v) is 10.5. The lowest BCUT2D eigenvalue weighted by Gasteiger charge is -2.06. The van der Waals surface area contributed by atoms with Gasteiger partial charge in [-0.25, -0.2) is 15.0 Å². The third kappa shape index (κ3) is 2.29. The van der Waals surface area contributed by atoms with Gasteiger partial charge in [-0.05, 0) is 19.8 Å². The van der Waals surface area contributed by atoms with Crippen LogP contribution in [0.15, 0.2) is 17.6 Å². The third-order valence-corrected chi connectivity index (χ3v) is 3.49. The van der Waals surface area contributed by atoms with Crippen LogP contribution in [0.2, 0.25) is 0 Å². The topological polar surface area (TPSA) is 50.7 Å². The molecule has 0 radical (unpaired) electrons. The summed E-state index contributed by atoms with van der Waals surface area (Å²) in [6.45, 7) is 2.94. The molecule has 4 nitrogen and oxygen atoms in total. The number of anilines is 1. The first-order valence-electron chi connectivity index (χ1n) is 5.89. The van der Waals surface area contributed by atoms with Crippen molar-refractivity contribution in [1.29, 1.82) is 0 Å². The minimum atomic E-state index is 0.633. The summed E-state index contributed by atoms with van der Waals surface area (Å²) in [5.74, 6) is 2.30. The highest BCUT2D eigenvalue weighted by Crippen LogP contribution is 2.40. The third-order valence-electron chi connectivity index (χ3n) is 2.72. The van der Waals surface area contributed by atoms with Gasteiger partial charge in [0.25, 0.3) is 0 Å². The van der Waals surface area contributed by atoms with Crippen molar-refractivity contribution in [1.82, 2.24) is 15.0 Å². The Kier molecular flexibility index (Phi) is 2.76. The molecule has 1 fully saturated rings. The number of hydrogen-bond donors (Lipinski definition) is 1. The van der Waals surface area contributed by atoms with Crippen LogP contribution in [-0.4, -0.2) is 21.5 Å². The first kappa shape index (κ1) is 10.7. The van der Waals surface area contributed by atoms with Gasteiger partial charge in [-0.3, -0.25) is 0 Å². The Bertz CT molecular complexity index is 505. The Hall–Kier alpha value is -1.49. The molecule has 3 rings (SSSR count). The minimum absolute atomic E-state index is 0.633. The second kappa shape index (κ2) is 4.41. The minimum Gasteiger partial charge on any atom is -0.370 e. The monoisotopic (exact) mass is 246 g/mol. The molecule has 0 atom stereocenters. The van der Waals surface area contributed by atoms with Gasteiger partial charge in [0.1, 0.15) is 5.82 Å². The van der Waals surface area contributed by atoms with E-state index < -0.39 is 0 Å². The van der Waals surface area contributed by atoms with Crippen molar-refractivity contribution >= 4 is 17.2 Å². The van der Waals surface area contributed by atoms with Crippen LogP contribution in [0.1, 0.15) is 31.4 Å². The number of hydrogen-bond acceptors (Lipinski definition) is 5. The lowest BCUT2D eigenvalue weighted by molar-refractivity contribution is 0.986. The van der Waals surface area contributed by atoms with Gasteiger partial charge in [0.2, 0.25) is 0 Å². The second-order valence-electron chi connectivity index (χ2n) is 4.14. The second-order valence-corrected chi connectivity index (χ2v) is 5.04. The van der Waals surface area contributed by atoms with E-state index in [9.17, 15) is 0 Å². The molecule has 0 unspecified atom stereocenters. The van der Waals surface area contributed by atoms with Crippen LogP contribution in [0, 0.1) is 0 Å². The molecule has 17 heavy (non-hydrogen) atoms. The highest BCUT2D eigenvalue weighted by Gasteiger charge is 2.26. The van der Waals surface area contributed by atoms with Gasteiger partial charge in [0, 0.05) is 35.8 Å². The molecule has 0 aromatic carbocycles. The van der Waals surface area contributed by atoms with Gasteiger partial charge in [0.05, 0.1) is 0 Å². The van der Waals surface area contributed by atoms with Crippen molar-refractivity contribution < 1.29 is 0 Å². The van der Waals surface area contributed by atoms with Gasteiger partial charge < -0.3 is 5.32 Å². The van der Waals surface area contributed by atoms with Crippen LogP contribution >= 0.6 is 11.3 Å². The predicted molar refractivity (Wildman–Crippen MR) is 69.3 cm³/mol. The van der Waals surface area contributed by atoms with E-state index in [2.05, 4.69) is 33.3 Å². The van der Waals surface area contributed by atoms with Crippen LogP contribution in [0.3, 0.4) is 0 Å². The molecule has 5 heteroatoms. The quantitative estimate of drug-likeness (QED) is 0.901. The lowest BCUT2D eigenvalue weighted by Crippen LogP contribution is -2.03. The average Bonchev–Trinajstić information content (AvgIpc) is 3.05. The summed E-state index contributed by atoms with van der Waals surface area (Å²) >= 11 is 1.58. The molecule has 1 N–H and O–H groups in total. The number of rotatable bonds is 4. The Balaban J connectivity index is 2.01. The molecule has 2 heterocycles. The summed E-state index contributed by atoms with van der Waals surface area (Å²) in [4.78, 5) is 13.4. The number of nitrogens with zero attached hydrogens (tertiary/aromatic N) is 3. The van der Waals surface area contributed by atoms with E-state index in [1.54, 1.807) is 17.5 Å². The fourth-order valence-electron chi connectivity index (χ4n) is 1.76. The Morgan fingerprint density at radius 1 is 1.41 bits per heavy atom. The Morgan fingerprint density at radius 2 is 2.29 bits per heavy atom. The molecule has 1 saturated carbocycles. The first-order valence-corrected chi connectivity index (χ1v) is 6.77. The summed E-state index contributed by atoms with van der Waals surface area (Å²) in [6.07, 6.45) is 4.29. The summed E-state index contributed by atoms with van der Waals surface area (Å²) < 4.78 is 0. The van der Waals surface area contributed by atoms with Gasteiger partial charge in [-0.15, -0.1) is 11.3 Å². The fraction of sp³-hybridized carbons (Fsp3) is 0.417. The molecule has 2 aromatic heterocycles. The molecule has 1 aliphatic carbocycles. The number of nitrogens with one attached hydrogen (secondary N) is 1. The SMILES string of the molecule is CCNc1cc(C2CC2)nc(-c2nccs2)n1. The molecular formula is C12H14N4S. The van der Waals surface area contributed by atoms with Gasteiger partial charge in [0.15, 0.2) is 10.8 Å². The van der Waals surface area contributed by atoms with Crippen molar-refractivity contribution in [2.24, 2.45) is 0 Å². The van der Waals surface area contributed by atoms with Crippen LogP contribution < -0.4 is 5.32 Å². The molecule has 0 bridgehead atoms. The maximum absolute atomic E-state index is 4.62. The number of aromatic nitrogens is 3. The van der Waals surface area contributed by atoms with Crippen LogP contribution in [0.25, 0.3) is 10.8 Å². The highest BCUT2D eigenvalue weighted by atomic mass is 32.1. The molecule has 88 valence electrons. The van der Waals surface area contributed by atoms with Crippen LogP contribution in [0.4, 0.5) is 5.82 Å². The lowest BCUT2D eigenvalue weighted by atomic mass is 10.2. The van der Waals surface area contributed by atoms with Gasteiger partial charge in [-0.2, -0.15) is 0 Å². The molecular weight excluding hydrogens is 232 g/mol. The van der Waals surface area contributed by atoms with Crippen LogP contribution in [0.5, 0.6) is 0 Å². The highest BCUT2D eigenvalue weighted by molar-refractivity contribution is 7.13. The Labute approximate surface area is 104 Å². The van der Waals surface area contributed by atoms with E-state index in [0.717, 1.165) is 28.9 Å². The standard InChI is InChI=1S/C12H14N4S/c1-2-13-10-7-9(8-3-4-8)15-11(16-10)12-14-5-6-17-12/h5-8H,2-4H2,1H3,(H,13,15,16). The van der Waals surface area contributed by atoms with Crippen molar-refractivity contribution in [3.05, 3.63) is 23.3 Å². The predicted octanol–water partition coefficient (Wildman–Crippen LogP) is 2.91. The summed E-state index contributed by atoms with van der Waals surface area (Å²) in [6, 6.07) is 2.07. The van der Waals surface area contributed by atoms with Gasteiger partial charge >= 0.3 is 0 Å². The average molecular weight is 246 g/mol. The van der Waals surface area contributed by atoms with E-state index in [1.165, 1.54) is 12.8 Å². The molecule has 0 amide bonds. The van der Waals surface area contributed by atoms with E-state index in [1.807, 2.05) is 5.38 Å². The zero-order chi connectivity index (χ0) is 11.7. The van der Waals surface area contributed by atoms with Gasteiger partial charge in [-0.1, -0.05) is 0 Å². The van der Waals surface area contributed by atoms with Crippen molar-refractivity contribution in [3.8, 4) is 10.8 Å². The normalized spacial score (nSPS) is 14.9. The fourth-order valence-corrected chi connectivity index (χ4v) is 2.32. The largest absolute Gasteiger partial charge is 0.370 e. The van der Waals surface area contributed by atoms with Crippen molar-refractivity contribution in [2.75, 3.05) is 11.9 Å². The molecule has 0 spiro atoms. The Morgan fingerprint density at radius 3 is 2.94 bits per heavy atom. The molecule has 1 aliphatic rings. The van der Waals surface area contributed by atoms with E-state index in [0.29, 0.717) is 5.92 Å². The van der Waals surface area contributed by atoms with Crippen molar-refractivity contribution in [3.63, 3.8) is 0 Å². The summed E-state index contributed by atoms with van der Waals surface area (Å²) in [5, 5.41) is 6.11. The maximum atomic E-state index is 4.62. The van der Waals surface area contributed by atoms with E-state index in [4.69, 9.17) is 0 Å². The molecule has 2 aromatic rings. The summed E-state index contributed by atoms with van der Waals surface area (Å²) in [7, 11) is 0. The smallest absolute Gasteiger partial charge is 0.190 e. The zero-order valence-electron chi connectivity index (χ0n) is 9.68. The molecule has 0 saturated heterocycles. The van der Waals surface area contributed by atoms with E-state index >= 15 is 0 Å².